The van der Waals surface area contributed by atoms with Gasteiger partial charge in [0.25, 0.3) is 5.91 Å². The van der Waals surface area contributed by atoms with E-state index < -0.39 is 6.10 Å². The highest BCUT2D eigenvalue weighted by Crippen LogP contribution is 2.17. The molecule has 0 spiro atoms. The number of carbonyl (C=O) groups is 1. The van der Waals surface area contributed by atoms with Gasteiger partial charge in [0.05, 0.1) is 13.2 Å². The van der Waals surface area contributed by atoms with Crippen LogP contribution in [0.15, 0.2) is 12.3 Å². The monoisotopic (exact) mass is 319 g/mol. The van der Waals surface area contributed by atoms with Crippen LogP contribution < -0.4 is 4.90 Å². The third-order valence-corrected chi connectivity index (χ3v) is 4.65. The van der Waals surface area contributed by atoms with E-state index in [4.69, 9.17) is 10.00 Å². The first-order valence-corrected chi connectivity index (χ1v) is 8.39. The van der Waals surface area contributed by atoms with Crippen molar-refractivity contribution in [3.05, 3.63) is 18.0 Å². The summed E-state index contributed by atoms with van der Waals surface area (Å²) >= 11 is 1.87. The predicted molar refractivity (Wildman–Crippen MR) is 82.6 cm³/mol. The van der Waals surface area contributed by atoms with Gasteiger partial charge in [0.1, 0.15) is 11.8 Å². The number of rotatable bonds is 2. The van der Waals surface area contributed by atoms with E-state index in [1.807, 2.05) is 27.6 Å². The zero-order valence-corrected chi connectivity index (χ0v) is 13.0. The first-order chi connectivity index (χ1) is 10.8. The standard InChI is InChI=1S/C14H17N5O2S/c15-9-11-1-2-16-14(17-11)19-3-6-21-12(10-19)13(20)18-4-7-22-8-5-18/h1-2,12H,3-8,10H2. The SMILES string of the molecule is N#Cc1ccnc(N2CCOC(C(=O)N3CCSCC3)C2)n1. The van der Waals surface area contributed by atoms with Crippen LogP contribution in [0.1, 0.15) is 5.69 Å². The Labute approximate surface area is 133 Å². The lowest BCUT2D eigenvalue weighted by Crippen LogP contribution is -2.53. The Hall–Kier alpha value is -1.85. The number of amides is 1. The molecule has 2 aliphatic heterocycles. The molecule has 0 radical (unpaired) electrons. The zero-order valence-electron chi connectivity index (χ0n) is 12.1. The molecule has 2 fully saturated rings. The summed E-state index contributed by atoms with van der Waals surface area (Å²) in [6.07, 6.45) is 1.08. The quantitative estimate of drug-likeness (QED) is 0.766. The fraction of sp³-hybridized carbons (Fsp3) is 0.571. The molecule has 1 amide bonds. The van der Waals surface area contributed by atoms with Crippen LogP contribution in [0.25, 0.3) is 0 Å². The highest BCUT2D eigenvalue weighted by Gasteiger charge is 2.31. The highest BCUT2D eigenvalue weighted by atomic mass is 32.2. The maximum absolute atomic E-state index is 12.5. The van der Waals surface area contributed by atoms with E-state index in [-0.39, 0.29) is 5.91 Å². The second-order valence-electron chi connectivity index (χ2n) is 5.10. The number of nitrogens with zero attached hydrogens (tertiary/aromatic N) is 5. The van der Waals surface area contributed by atoms with E-state index in [9.17, 15) is 4.79 Å². The van der Waals surface area contributed by atoms with E-state index in [0.717, 1.165) is 24.6 Å². The Morgan fingerprint density at radius 3 is 3.00 bits per heavy atom. The minimum atomic E-state index is -0.480. The van der Waals surface area contributed by atoms with Crippen LogP contribution in [0.3, 0.4) is 0 Å². The number of thioether (sulfide) groups is 1. The molecule has 1 unspecified atom stereocenters. The van der Waals surface area contributed by atoms with Crippen molar-refractivity contribution in [1.29, 1.82) is 5.26 Å². The summed E-state index contributed by atoms with van der Waals surface area (Å²) in [4.78, 5) is 24.7. The maximum Gasteiger partial charge on any atom is 0.253 e. The Kier molecular flexibility index (Phi) is 4.75. The van der Waals surface area contributed by atoms with Gasteiger partial charge < -0.3 is 14.5 Å². The Bertz CT molecular complexity index is 585. The number of hydrogen-bond acceptors (Lipinski definition) is 7. The molecular formula is C14H17N5O2S. The average molecular weight is 319 g/mol. The van der Waals surface area contributed by atoms with Gasteiger partial charge in [-0.3, -0.25) is 4.79 Å². The fourth-order valence-corrected chi connectivity index (χ4v) is 3.43. The lowest BCUT2D eigenvalue weighted by Gasteiger charge is -2.36. The molecule has 8 heteroatoms. The second kappa shape index (κ2) is 6.94. The van der Waals surface area contributed by atoms with E-state index in [2.05, 4.69) is 9.97 Å². The minimum Gasteiger partial charge on any atom is -0.365 e. The zero-order chi connectivity index (χ0) is 15.4. The maximum atomic E-state index is 12.5. The van der Waals surface area contributed by atoms with Crippen LogP contribution in [-0.2, 0) is 9.53 Å². The van der Waals surface area contributed by atoms with Gasteiger partial charge in [-0.1, -0.05) is 0 Å². The largest absolute Gasteiger partial charge is 0.365 e. The van der Waals surface area contributed by atoms with Crippen LogP contribution in [0, 0.1) is 11.3 Å². The van der Waals surface area contributed by atoms with E-state index in [1.54, 1.807) is 12.3 Å². The van der Waals surface area contributed by atoms with E-state index >= 15 is 0 Å². The molecule has 22 heavy (non-hydrogen) atoms. The third-order valence-electron chi connectivity index (χ3n) is 3.70. The van der Waals surface area contributed by atoms with Crippen LogP contribution >= 0.6 is 11.8 Å². The van der Waals surface area contributed by atoms with E-state index in [1.165, 1.54) is 0 Å². The molecule has 3 rings (SSSR count). The average Bonchev–Trinajstić information content (AvgIpc) is 2.62. The fourth-order valence-electron chi connectivity index (χ4n) is 2.53. The molecule has 1 aromatic heterocycles. The predicted octanol–water partition coefficient (Wildman–Crippen LogP) is 0.129. The normalized spacial score (nSPS) is 22.2. The molecule has 0 saturated carbocycles. The number of aromatic nitrogens is 2. The van der Waals surface area contributed by atoms with Crippen molar-refractivity contribution >= 4 is 23.6 Å². The second-order valence-corrected chi connectivity index (χ2v) is 6.32. The number of nitriles is 1. The van der Waals surface area contributed by atoms with Gasteiger partial charge in [-0.2, -0.15) is 17.0 Å². The van der Waals surface area contributed by atoms with Gasteiger partial charge in [0.15, 0.2) is 6.10 Å². The molecule has 1 aromatic rings. The summed E-state index contributed by atoms with van der Waals surface area (Å²) in [7, 11) is 0. The molecule has 2 saturated heterocycles. The van der Waals surface area contributed by atoms with Crippen molar-refractivity contribution in [3.8, 4) is 6.07 Å². The number of hydrogen-bond donors (Lipinski definition) is 0. The molecule has 3 heterocycles. The van der Waals surface area contributed by atoms with Gasteiger partial charge in [-0.25, -0.2) is 9.97 Å². The third kappa shape index (κ3) is 3.31. The van der Waals surface area contributed by atoms with Crippen LogP contribution in [0.4, 0.5) is 5.95 Å². The highest BCUT2D eigenvalue weighted by molar-refractivity contribution is 7.99. The van der Waals surface area contributed by atoms with Crippen LogP contribution in [-0.4, -0.2) is 71.2 Å². The van der Waals surface area contributed by atoms with Gasteiger partial charge >= 0.3 is 0 Å². The van der Waals surface area contributed by atoms with Crippen LogP contribution in [0.5, 0.6) is 0 Å². The lowest BCUT2D eigenvalue weighted by molar-refractivity contribution is -0.144. The van der Waals surface area contributed by atoms with Crippen molar-refractivity contribution < 1.29 is 9.53 Å². The summed E-state index contributed by atoms with van der Waals surface area (Å²) in [5, 5.41) is 8.92. The van der Waals surface area contributed by atoms with Gasteiger partial charge in [-0.15, -0.1) is 0 Å². The lowest BCUT2D eigenvalue weighted by atomic mass is 10.2. The van der Waals surface area contributed by atoms with Gasteiger partial charge in [0, 0.05) is 37.3 Å². The molecule has 116 valence electrons. The minimum absolute atomic E-state index is 0.0430. The summed E-state index contributed by atoms with van der Waals surface area (Å²) in [6.45, 7) is 3.07. The Morgan fingerprint density at radius 2 is 2.23 bits per heavy atom. The Morgan fingerprint density at radius 1 is 1.41 bits per heavy atom. The van der Waals surface area contributed by atoms with Crippen molar-refractivity contribution in [3.63, 3.8) is 0 Å². The summed E-state index contributed by atoms with van der Waals surface area (Å²) in [5.74, 6) is 2.49. The smallest absolute Gasteiger partial charge is 0.253 e. The number of anilines is 1. The number of morpholine rings is 1. The van der Waals surface area contributed by atoms with Crippen LogP contribution in [0.2, 0.25) is 0 Å². The molecule has 0 aliphatic carbocycles. The molecule has 2 aliphatic rings. The topological polar surface area (TPSA) is 82.3 Å². The molecular weight excluding hydrogens is 302 g/mol. The number of carbonyl (C=O) groups excluding carboxylic acids is 1. The van der Waals surface area contributed by atoms with Crippen molar-refractivity contribution in [2.75, 3.05) is 49.2 Å². The van der Waals surface area contributed by atoms with Crippen molar-refractivity contribution in [2.24, 2.45) is 0 Å². The van der Waals surface area contributed by atoms with Crippen molar-refractivity contribution in [2.45, 2.75) is 6.10 Å². The first-order valence-electron chi connectivity index (χ1n) is 7.24. The summed E-state index contributed by atoms with van der Waals surface area (Å²) in [6, 6.07) is 3.57. The molecule has 0 bridgehead atoms. The van der Waals surface area contributed by atoms with E-state index in [0.29, 0.717) is 31.3 Å². The Balaban J connectivity index is 1.68. The molecule has 0 N–H and O–H groups in total. The molecule has 1 atom stereocenters. The summed E-state index contributed by atoms with van der Waals surface area (Å²) in [5.41, 5.74) is 0.326. The van der Waals surface area contributed by atoms with Crippen molar-refractivity contribution in [1.82, 2.24) is 14.9 Å². The summed E-state index contributed by atoms with van der Waals surface area (Å²) < 4.78 is 5.64. The molecule has 0 aromatic carbocycles. The number of ether oxygens (including phenoxy) is 1. The molecule has 7 nitrogen and oxygen atoms in total. The van der Waals surface area contributed by atoms with Gasteiger partial charge in [0.2, 0.25) is 5.95 Å². The van der Waals surface area contributed by atoms with Gasteiger partial charge in [-0.05, 0) is 6.07 Å². The first kappa shape index (κ1) is 15.1.